The van der Waals surface area contributed by atoms with E-state index in [2.05, 4.69) is 35.2 Å². The minimum atomic E-state index is -3.75. The average molecular weight is 604 g/mol. The van der Waals surface area contributed by atoms with Crippen LogP contribution < -0.4 is 20.3 Å². The molecule has 1 amide bonds. The molecule has 226 valence electrons. The lowest BCUT2D eigenvalue weighted by atomic mass is 9.85. The van der Waals surface area contributed by atoms with Gasteiger partial charge in [0.1, 0.15) is 5.82 Å². The van der Waals surface area contributed by atoms with Gasteiger partial charge in [-0.1, -0.05) is 30.3 Å². The van der Waals surface area contributed by atoms with Gasteiger partial charge in [-0.25, -0.2) is 23.1 Å². The monoisotopic (exact) mass is 603 g/mol. The van der Waals surface area contributed by atoms with Gasteiger partial charge in [0.2, 0.25) is 21.9 Å². The lowest BCUT2D eigenvalue weighted by Crippen LogP contribution is -2.41. The lowest BCUT2D eigenvalue weighted by molar-refractivity contribution is -0.126. The first-order chi connectivity index (χ1) is 20.8. The number of morpholine rings is 1. The van der Waals surface area contributed by atoms with Crippen LogP contribution in [0, 0.1) is 5.92 Å². The van der Waals surface area contributed by atoms with Gasteiger partial charge in [-0.05, 0) is 68.5 Å². The van der Waals surface area contributed by atoms with Crippen LogP contribution >= 0.6 is 0 Å². The van der Waals surface area contributed by atoms with Crippen molar-refractivity contribution in [3.63, 3.8) is 0 Å². The second-order valence-electron chi connectivity index (χ2n) is 11.2. The number of nitrogens with zero attached hydrogens (tertiary/aromatic N) is 3. The number of imidazole rings is 1. The number of amides is 1. The molecular formula is C31H37N7O4S. The third-order valence-electron chi connectivity index (χ3n) is 8.19. The minimum Gasteiger partial charge on any atom is -0.378 e. The number of hydrogen-bond acceptors (Lipinski definition) is 8. The zero-order chi connectivity index (χ0) is 29.8. The number of H-pyrrole nitrogens is 1. The second kappa shape index (κ2) is 12.7. The van der Waals surface area contributed by atoms with E-state index in [1.165, 1.54) is 0 Å². The number of pyridine rings is 1. The van der Waals surface area contributed by atoms with Gasteiger partial charge in [0.05, 0.1) is 47.1 Å². The Morgan fingerprint density at radius 2 is 1.79 bits per heavy atom. The largest absolute Gasteiger partial charge is 0.378 e. The zero-order valence-corrected chi connectivity index (χ0v) is 24.9. The van der Waals surface area contributed by atoms with Crippen molar-refractivity contribution in [2.45, 2.75) is 49.6 Å². The molecule has 1 aliphatic carbocycles. The summed E-state index contributed by atoms with van der Waals surface area (Å²) in [5.41, 5.74) is 3.08. The number of hydrogen-bond donors (Lipinski definition) is 4. The third-order valence-corrected chi connectivity index (χ3v) is 9.71. The molecule has 1 aliphatic heterocycles. The van der Waals surface area contributed by atoms with Crippen LogP contribution in [0.15, 0.2) is 71.8 Å². The summed E-state index contributed by atoms with van der Waals surface area (Å²) in [4.78, 5) is 27.5. The summed E-state index contributed by atoms with van der Waals surface area (Å²) in [7, 11) is -3.75. The van der Waals surface area contributed by atoms with E-state index in [1.54, 1.807) is 24.4 Å². The van der Waals surface area contributed by atoms with E-state index in [4.69, 9.17) is 4.74 Å². The summed E-state index contributed by atoms with van der Waals surface area (Å²) in [6.07, 6.45) is 4.24. The zero-order valence-electron chi connectivity index (χ0n) is 24.1. The van der Waals surface area contributed by atoms with E-state index in [1.807, 2.05) is 49.4 Å². The van der Waals surface area contributed by atoms with Crippen molar-refractivity contribution < 1.29 is 17.9 Å². The van der Waals surface area contributed by atoms with Gasteiger partial charge < -0.3 is 25.3 Å². The van der Waals surface area contributed by atoms with Gasteiger partial charge in [-0.15, -0.1) is 0 Å². The molecule has 1 atom stereocenters. The van der Waals surface area contributed by atoms with Crippen molar-refractivity contribution in [2.24, 2.45) is 5.92 Å². The number of rotatable bonds is 9. The summed E-state index contributed by atoms with van der Waals surface area (Å²) in [5, 5.41) is 6.31. The van der Waals surface area contributed by atoms with Crippen LogP contribution in [0.4, 0.5) is 17.5 Å². The quantitative estimate of drug-likeness (QED) is 0.223. The van der Waals surface area contributed by atoms with Crippen molar-refractivity contribution in [2.75, 3.05) is 36.5 Å². The van der Waals surface area contributed by atoms with Gasteiger partial charge >= 0.3 is 0 Å². The van der Waals surface area contributed by atoms with Gasteiger partial charge in [0.15, 0.2) is 0 Å². The van der Waals surface area contributed by atoms with Gasteiger partial charge in [0.25, 0.3) is 0 Å². The van der Waals surface area contributed by atoms with E-state index >= 15 is 0 Å². The fourth-order valence-corrected chi connectivity index (χ4v) is 7.04. The summed E-state index contributed by atoms with van der Waals surface area (Å²) < 4.78 is 34.8. The number of aromatic amines is 1. The molecule has 2 aliphatic rings. The van der Waals surface area contributed by atoms with Crippen LogP contribution in [0.25, 0.3) is 11.0 Å². The molecule has 0 bridgehead atoms. The average Bonchev–Trinajstić information content (AvgIpc) is 3.44. The highest BCUT2D eigenvalue weighted by molar-refractivity contribution is 7.89. The van der Waals surface area contributed by atoms with Gasteiger partial charge in [-0.2, -0.15) is 0 Å². The first-order valence-corrected chi connectivity index (χ1v) is 16.3. The van der Waals surface area contributed by atoms with Crippen molar-refractivity contribution in [1.29, 1.82) is 0 Å². The molecule has 12 heteroatoms. The number of ether oxygens (including phenoxy) is 1. The Morgan fingerprint density at radius 3 is 2.51 bits per heavy atom. The van der Waals surface area contributed by atoms with Crippen LogP contribution in [0.5, 0.6) is 0 Å². The maximum Gasteiger partial charge on any atom is 0.240 e. The highest BCUT2D eigenvalue weighted by atomic mass is 32.2. The SMILES string of the molecule is C[C@@H](NC(=O)C1CCC(NS(=O)(=O)c2ccc3nc(Nc4ccc(N5CCOCC5)nc4)[nH]c3c2)CC1)c1ccccc1. The van der Waals surface area contributed by atoms with Gasteiger partial charge in [-0.3, -0.25) is 4.79 Å². The van der Waals surface area contributed by atoms with E-state index in [-0.39, 0.29) is 28.8 Å². The van der Waals surface area contributed by atoms with Crippen molar-refractivity contribution >= 4 is 44.4 Å². The molecule has 0 unspecified atom stereocenters. The summed E-state index contributed by atoms with van der Waals surface area (Å²) in [6.45, 7) is 5.00. The predicted octanol–water partition coefficient (Wildman–Crippen LogP) is 4.25. The Hall–Kier alpha value is -4.00. The summed E-state index contributed by atoms with van der Waals surface area (Å²) >= 11 is 0. The van der Waals surface area contributed by atoms with Crippen LogP contribution in [-0.4, -0.2) is 61.6 Å². The first kappa shape index (κ1) is 29.1. The normalized spacial score (nSPS) is 20.1. The van der Waals surface area contributed by atoms with E-state index in [0.29, 0.717) is 55.9 Å². The predicted molar refractivity (Wildman–Crippen MR) is 166 cm³/mol. The highest BCUT2D eigenvalue weighted by Crippen LogP contribution is 2.28. The molecule has 6 rings (SSSR count). The molecular weight excluding hydrogens is 566 g/mol. The number of nitrogens with one attached hydrogen (secondary N) is 4. The smallest absolute Gasteiger partial charge is 0.240 e. The summed E-state index contributed by atoms with van der Waals surface area (Å²) in [5.74, 6) is 1.30. The Kier molecular flexibility index (Phi) is 8.59. The standard InChI is InChI=1S/C31H37N7O4S/c1-21(22-5-3-2-4-6-22)33-30(39)23-7-9-24(10-8-23)37-43(40,41)26-12-13-27-28(19-26)36-31(35-27)34-25-11-14-29(32-20-25)38-15-17-42-18-16-38/h2-6,11-14,19-21,23-24,37H,7-10,15-18H2,1H3,(H,33,39)(H2,34,35,36)/t21-,23?,24?/m1/s1. The number of fused-ring (bicyclic) bond motifs is 1. The Labute approximate surface area is 251 Å². The van der Waals surface area contributed by atoms with E-state index in [0.717, 1.165) is 30.2 Å². The lowest BCUT2D eigenvalue weighted by Gasteiger charge is -2.29. The molecule has 2 aromatic heterocycles. The molecule has 1 saturated heterocycles. The molecule has 0 spiro atoms. The first-order valence-electron chi connectivity index (χ1n) is 14.8. The second-order valence-corrected chi connectivity index (χ2v) is 12.9. The Morgan fingerprint density at radius 1 is 1.02 bits per heavy atom. The molecule has 1 saturated carbocycles. The Balaban J connectivity index is 1.04. The van der Waals surface area contributed by atoms with Crippen molar-refractivity contribution in [3.8, 4) is 0 Å². The number of aromatic nitrogens is 3. The molecule has 0 radical (unpaired) electrons. The van der Waals surface area contributed by atoms with Crippen LogP contribution in [-0.2, 0) is 19.6 Å². The Bertz CT molecular complexity index is 1650. The number of anilines is 3. The number of carbonyl (C=O) groups excluding carboxylic acids is 1. The summed E-state index contributed by atoms with van der Waals surface area (Å²) in [6, 6.07) is 18.3. The van der Waals surface area contributed by atoms with Crippen molar-refractivity contribution in [3.05, 3.63) is 72.4 Å². The third kappa shape index (κ3) is 6.98. The van der Waals surface area contributed by atoms with Crippen LogP contribution in [0.2, 0.25) is 0 Å². The topological polar surface area (TPSA) is 141 Å². The molecule has 4 aromatic rings. The molecule has 2 aromatic carbocycles. The fourth-order valence-electron chi connectivity index (χ4n) is 5.71. The highest BCUT2D eigenvalue weighted by Gasteiger charge is 2.30. The van der Waals surface area contributed by atoms with Crippen LogP contribution in [0.1, 0.15) is 44.2 Å². The maximum absolute atomic E-state index is 13.3. The van der Waals surface area contributed by atoms with Crippen LogP contribution in [0.3, 0.4) is 0 Å². The van der Waals surface area contributed by atoms with E-state index in [9.17, 15) is 13.2 Å². The maximum atomic E-state index is 13.3. The molecule has 2 fully saturated rings. The fraction of sp³-hybridized carbons (Fsp3) is 0.387. The molecule has 3 heterocycles. The number of benzene rings is 2. The molecule has 43 heavy (non-hydrogen) atoms. The van der Waals surface area contributed by atoms with Crippen molar-refractivity contribution in [1.82, 2.24) is 25.0 Å². The number of sulfonamides is 1. The van der Waals surface area contributed by atoms with Gasteiger partial charge in [0, 0.05) is 25.0 Å². The molecule has 4 N–H and O–H groups in total. The van der Waals surface area contributed by atoms with E-state index < -0.39 is 10.0 Å². The number of carbonyl (C=O) groups is 1. The minimum absolute atomic E-state index is 0.0237. The molecule has 11 nitrogen and oxygen atoms in total.